The molecular weight excluding hydrogens is 340 g/mol. The standard InChI is InChI=1S/C22H24N2O3/c1-26-18-8-6-16(7-9-18)15-24-12-10-17(11-13-24)23-20-14-22(25)27-21-5-3-2-4-19(20)21/h2-9,14,17,23H,10-13,15H2,1H3. The van der Waals surface area contributed by atoms with Crippen LogP contribution in [0.1, 0.15) is 18.4 Å². The largest absolute Gasteiger partial charge is 0.497 e. The lowest BCUT2D eigenvalue weighted by molar-refractivity contribution is 0.211. The Hall–Kier alpha value is -2.79. The molecule has 27 heavy (non-hydrogen) atoms. The Balaban J connectivity index is 1.38. The molecule has 1 fully saturated rings. The third kappa shape index (κ3) is 4.14. The van der Waals surface area contributed by atoms with Crippen LogP contribution < -0.4 is 15.7 Å². The van der Waals surface area contributed by atoms with E-state index in [0.29, 0.717) is 11.6 Å². The van der Waals surface area contributed by atoms with Crippen LogP contribution in [0.25, 0.3) is 11.0 Å². The number of piperidine rings is 1. The fourth-order valence-corrected chi connectivity index (χ4v) is 3.68. The molecule has 5 heteroatoms. The van der Waals surface area contributed by atoms with Crippen molar-refractivity contribution in [1.82, 2.24) is 4.90 Å². The van der Waals surface area contributed by atoms with E-state index in [4.69, 9.17) is 9.15 Å². The molecule has 0 spiro atoms. The summed E-state index contributed by atoms with van der Waals surface area (Å²) in [4.78, 5) is 14.3. The number of nitrogens with one attached hydrogen (secondary N) is 1. The molecule has 1 N–H and O–H groups in total. The summed E-state index contributed by atoms with van der Waals surface area (Å²) in [5.74, 6) is 0.890. The molecule has 1 aliphatic rings. The van der Waals surface area contributed by atoms with Gasteiger partial charge in [-0.15, -0.1) is 0 Å². The number of fused-ring (bicyclic) bond motifs is 1. The SMILES string of the molecule is COc1ccc(CN2CCC(Nc3cc(=O)oc4ccccc34)CC2)cc1. The zero-order valence-corrected chi connectivity index (χ0v) is 15.5. The molecule has 0 saturated carbocycles. The highest BCUT2D eigenvalue weighted by Gasteiger charge is 2.20. The van der Waals surface area contributed by atoms with Crippen molar-refractivity contribution in [2.24, 2.45) is 0 Å². The van der Waals surface area contributed by atoms with Gasteiger partial charge in [-0.1, -0.05) is 24.3 Å². The molecule has 0 radical (unpaired) electrons. The number of nitrogens with zero attached hydrogens (tertiary/aromatic N) is 1. The fraction of sp³-hybridized carbons (Fsp3) is 0.318. The predicted octanol–water partition coefficient (Wildman–Crippen LogP) is 3.88. The van der Waals surface area contributed by atoms with E-state index in [0.717, 1.165) is 49.3 Å². The minimum atomic E-state index is -0.312. The van der Waals surface area contributed by atoms with Crippen LogP contribution in [-0.4, -0.2) is 31.1 Å². The Morgan fingerprint density at radius 1 is 1.11 bits per heavy atom. The molecule has 3 aromatic rings. The van der Waals surface area contributed by atoms with Crippen molar-refractivity contribution in [3.63, 3.8) is 0 Å². The van der Waals surface area contributed by atoms with Crippen LogP contribution in [0.5, 0.6) is 5.75 Å². The van der Waals surface area contributed by atoms with Gasteiger partial charge in [0.05, 0.1) is 12.8 Å². The van der Waals surface area contributed by atoms with Crippen molar-refractivity contribution in [2.75, 3.05) is 25.5 Å². The van der Waals surface area contributed by atoms with Crippen LogP contribution in [0.4, 0.5) is 5.69 Å². The smallest absolute Gasteiger partial charge is 0.338 e. The van der Waals surface area contributed by atoms with E-state index in [-0.39, 0.29) is 5.63 Å². The lowest BCUT2D eigenvalue weighted by Crippen LogP contribution is -2.38. The zero-order valence-electron chi connectivity index (χ0n) is 15.5. The van der Waals surface area contributed by atoms with Gasteiger partial charge < -0.3 is 14.5 Å². The van der Waals surface area contributed by atoms with Crippen molar-refractivity contribution in [2.45, 2.75) is 25.4 Å². The van der Waals surface area contributed by atoms with Crippen molar-refractivity contribution < 1.29 is 9.15 Å². The van der Waals surface area contributed by atoms with Gasteiger partial charge in [0.1, 0.15) is 11.3 Å². The monoisotopic (exact) mass is 364 g/mol. The van der Waals surface area contributed by atoms with E-state index >= 15 is 0 Å². The predicted molar refractivity (Wildman–Crippen MR) is 107 cm³/mol. The van der Waals surface area contributed by atoms with E-state index in [1.165, 1.54) is 5.56 Å². The Bertz CT molecular complexity index is 957. The summed E-state index contributed by atoms with van der Waals surface area (Å²) in [6, 6.07) is 17.9. The van der Waals surface area contributed by atoms with Crippen LogP contribution in [0.15, 0.2) is 63.8 Å². The van der Waals surface area contributed by atoms with Crippen LogP contribution in [0, 0.1) is 0 Å². The quantitative estimate of drug-likeness (QED) is 0.697. The summed E-state index contributed by atoms with van der Waals surface area (Å²) in [7, 11) is 1.69. The molecule has 0 atom stereocenters. The second kappa shape index (κ2) is 7.84. The molecule has 0 bridgehead atoms. The maximum Gasteiger partial charge on any atom is 0.338 e. The van der Waals surface area contributed by atoms with E-state index in [1.807, 2.05) is 36.4 Å². The van der Waals surface area contributed by atoms with Crippen LogP contribution >= 0.6 is 0 Å². The molecule has 1 saturated heterocycles. The molecule has 1 aliphatic heterocycles. The minimum absolute atomic E-state index is 0.312. The Morgan fingerprint density at radius 2 is 1.85 bits per heavy atom. The number of para-hydroxylation sites is 1. The van der Waals surface area contributed by atoms with Gasteiger partial charge in [-0.25, -0.2) is 4.79 Å². The van der Waals surface area contributed by atoms with Gasteiger partial charge in [0.25, 0.3) is 0 Å². The number of hydrogen-bond donors (Lipinski definition) is 1. The number of methoxy groups -OCH3 is 1. The maximum absolute atomic E-state index is 11.8. The van der Waals surface area contributed by atoms with Gasteiger partial charge in [-0.05, 0) is 42.7 Å². The molecule has 0 unspecified atom stereocenters. The van der Waals surface area contributed by atoms with Crippen molar-refractivity contribution in [1.29, 1.82) is 0 Å². The highest BCUT2D eigenvalue weighted by Crippen LogP contribution is 2.24. The van der Waals surface area contributed by atoms with Crippen LogP contribution in [0.2, 0.25) is 0 Å². The summed E-state index contributed by atoms with van der Waals surface area (Å²) in [6.45, 7) is 3.01. The number of hydrogen-bond acceptors (Lipinski definition) is 5. The van der Waals surface area contributed by atoms with E-state index in [9.17, 15) is 4.79 Å². The summed E-state index contributed by atoms with van der Waals surface area (Å²) < 4.78 is 10.5. The number of likely N-dealkylation sites (tertiary alicyclic amines) is 1. The average Bonchev–Trinajstić information content (AvgIpc) is 2.70. The minimum Gasteiger partial charge on any atom is -0.497 e. The number of anilines is 1. The maximum atomic E-state index is 11.8. The van der Waals surface area contributed by atoms with Crippen molar-refractivity contribution in [3.05, 3.63) is 70.6 Å². The lowest BCUT2D eigenvalue weighted by Gasteiger charge is -2.33. The van der Waals surface area contributed by atoms with Crippen molar-refractivity contribution >= 4 is 16.7 Å². The molecule has 2 heterocycles. The first-order valence-corrected chi connectivity index (χ1v) is 9.36. The number of ether oxygens (including phenoxy) is 1. The summed E-state index contributed by atoms with van der Waals surface area (Å²) in [6.07, 6.45) is 2.09. The van der Waals surface area contributed by atoms with Crippen LogP contribution in [0.3, 0.4) is 0 Å². The third-order valence-electron chi connectivity index (χ3n) is 5.16. The summed E-state index contributed by atoms with van der Waals surface area (Å²) in [5, 5.41) is 4.52. The molecular formula is C22H24N2O3. The summed E-state index contributed by atoms with van der Waals surface area (Å²) >= 11 is 0. The first-order valence-electron chi connectivity index (χ1n) is 9.36. The topological polar surface area (TPSA) is 54.7 Å². The van der Waals surface area contributed by atoms with Gasteiger partial charge in [-0.2, -0.15) is 0 Å². The first-order chi connectivity index (χ1) is 13.2. The molecule has 1 aromatic heterocycles. The molecule has 5 nitrogen and oxygen atoms in total. The zero-order chi connectivity index (χ0) is 18.6. The molecule has 4 rings (SSSR count). The lowest BCUT2D eigenvalue weighted by atomic mass is 10.0. The summed E-state index contributed by atoms with van der Waals surface area (Å²) in [5.41, 5.74) is 2.49. The Kier molecular flexibility index (Phi) is 5.12. The van der Waals surface area contributed by atoms with Gasteiger partial charge in [0.2, 0.25) is 0 Å². The van der Waals surface area contributed by atoms with E-state index < -0.39 is 0 Å². The van der Waals surface area contributed by atoms with E-state index in [1.54, 1.807) is 13.2 Å². The Labute approximate surface area is 158 Å². The number of benzene rings is 2. The molecule has 2 aromatic carbocycles. The Morgan fingerprint density at radius 3 is 2.59 bits per heavy atom. The molecule has 0 aliphatic carbocycles. The molecule has 0 amide bonds. The average molecular weight is 364 g/mol. The third-order valence-corrected chi connectivity index (χ3v) is 5.16. The second-order valence-electron chi connectivity index (χ2n) is 7.02. The van der Waals surface area contributed by atoms with E-state index in [2.05, 4.69) is 22.3 Å². The van der Waals surface area contributed by atoms with Crippen molar-refractivity contribution in [3.8, 4) is 5.75 Å². The van der Waals surface area contributed by atoms with Gasteiger partial charge in [0.15, 0.2) is 0 Å². The fourth-order valence-electron chi connectivity index (χ4n) is 3.68. The normalized spacial score (nSPS) is 15.7. The van der Waals surface area contributed by atoms with Gasteiger partial charge >= 0.3 is 5.63 Å². The van der Waals surface area contributed by atoms with Gasteiger partial charge in [0, 0.05) is 37.1 Å². The first kappa shape index (κ1) is 17.6. The van der Waals surface area contributed by atoms with Gasteiger partial charge in [-0.3, -0.25) is 4.90 Å². The van der Waals surface area contributed by atoms with Crippen LogP contribution in [-0.2, 0) is 6.54 Å². The number of rotatable bonds is 5. The highest BCUT2D eigenvalue weighted by molar-refractivity contribution is 5.89. The second-order valence-corrected chi connectivity index (χ2v) is 7.02. The molecule has 140 valence electrons. The highest BCUT2D eigenvalue weighted by atomic mass is 16.5.